The quantitative estimate of drug-likeness (QED) is 0.285. The summed E-state index contributed by atoms with van der Waals surface area (Å²) in [5.74, 6) is -3.32. The maximum Gasteiger partial charge on any atom is 0.347 e. The van der Waals surface area contributed by atoms with E-state index in [0.717, 1.165) is 21.6 Å². The van der Waals surface area contributed by atoms with Crippen LogP contribution in [0.2, 0.25) is 0 Å². The predicted octanol–water partition coefficient (Wildman–Crippen LogP) is 2.79. The van der Waals surface area contributed by atoms with Crippen LogP contribution >= 0.6 is 23.2 Å². The molecule has 1 aliphatic carbocycles. The van der Waals surface area contributed by atoms with E-state index in [-0.39, 0.29) is 36.8 Å². The molecule has 40 heavy (non-hydrogen) atoms. The zero-order chi connectivity index (χ0) is 28.7. The molecule has 208 valence electrons. The number of carbonyl (C=O) groups is 2. The molecule has 4 unspecified atom stereocenters. The minimum absolute atomic E-state index is 0.0136. The fraction of sp³-hybridized carbons (Fsp3) is 0.333. The largest absolute Gasteiger partial charge is 0.504 e. The molecule has 1 saturated carbocycles. The van der Waals surface area contributed by atoms with Gasteiger partial charge in [0, 0.05) is 19.4 Å². The average Bonchev–Trinajstić information content (AvgIpc) is 3.24. The Labute approximate surface area is 236 Å². The number of amides is 2. The van der Waals surface area contributed by atoms with E-state index in [2.05, 4.69) is 0 Å². The van der Waals surface area contributed by atoms with Crippen LogP contribution in [0.1, 0.15) is 30.9 Å². The SMILES string of the molecule is CCOc1cc(C2C3=CCn4c(=O)n(C)c(=O)n4C3CC3(Cl)C(=O)N(c4ccc(F)cc4)C(=O)C23Cl)ccc1O. The predicted molar refractivity (Wildman–Crippen MR) is 144 cm³/mol. The number of anilines is 1. The molecule has 3 aromatic rings. The summed E-state index contributed by atoms with van der Waals surface area (Å²) >= 11 is 14.5. The van der Waals surface area contributed by atoms with Crippen molar-refractivity contribution in [2.24, 2.45) is 7.05 Å². The van der Waals surface area contributed by atoms with Crippen LogP contribution in [0.5, 0.6) is 11.5 Å². The summed E-state index contributed by atoms with van der Waals surface area (Å²) in [7, 11) is 1.35. The molecule has 2 aromatic carbocycles. The van der Waals surface area contributed by atoms with Gasteiger partial charge in [0.25, 0.3) is 11.8 Å². The van der Waals surface area contributed by atoms with E-state index in [9.17, 15) is 28.7 Å². The van der Waals surface area contributed by atoms with Gasteiger partial charge in [0.05, 0.1) is 24.9 Å². The lowest BCUT2D eigenvalue weighted by atomic mass is 9.64. The number of halogens is 3. The maximum atomic E-state index is 14.2. The molecule has 10 nitrogen and oxygen atoms in total. The molecule has 13 heteroatoms. The van der Waals surface area contributed by atoms with Gasteiger partial charge in [-0.1, -0.05) is 12.1 Å². The Bertz CT molecular complexity index is 1740. The summed E-state index contributed by atoms with van der Waals surface area (Å²) in [6.45, 7) is 1.99. The van der Waals surface area contributed by atoms with Gasteiger partial charge in [-0.2, -0.15) is 0 Å². The highest BCUT2D eigenvalue weighted by Gasteiger charge is 2.75. The van der Waals surface area contributed by atoms with Crippen molar-refractivity contribution in [1.29, 1.82) is 0 Å². The second-order valence-electron chi connectivity index (χ2n) is 10.0. The summed E-state index contributed by atoms with van der Waals surface area (Å²) in [5, 5.41) is 10.4. The number of aromatic nitrogens is 3. The van der Waals surface area contributed by atoms with E-state index in [1.165, 1.54) is 40.7 Å². The van der Waals surface area contributed by atoms with Gasteiger partial charge in [-0.15, -0.1) is 23.2 Å². The first-order valence-corrected chi connectivity index (χ1v) is 13.3. The molecule has 2 amide bonds. The van der Waals surface area contributed by atoms with Crippen molar-refractivity contribution in [2.45, 2.75) is 41.6 Å². The normalized spacial score (nSPS) is 27.2. The van der Waals surface area contributed by atoms with Crippen LogP contribution in [0, 0.1) is 5.82 Å². The first-order valence-electron chi connectivity index (χ1n) is 12.5. The van der Waals surface area contributed by atoms with Gasteiger partial charge in [0.2, 0.25) is 0 Å². The number of fused-ring (bicyclic) bond motifs is 4. The Morgan fingerprint density at radius 1 is 1.05 bits per heavy atom. The second-order valence-corrected chi connectivity index (χ2v) is 11.2. The number of ether oxygens (including phenoxy) is 1. The van der Waals surface area contributed by atoms with Crippen molar-refractivity contribution in [3.8, 4) is 11.5 Å². The second kappa shape index (κ2) is 8.84. The number of carbonyl (C=O) groups excluding carboxylic acids is 2. The third kappa shape index (κ3) is 3.27. The molecule has 0 radical (unpaired) electrons. The zero-order valence-corrected chi connectivity index (χ0v) is 22.8. The Morgan fingerprint density at radius 3 is 2.42 bits per heavy atom. The molecule has 3 heterocycles. The Balaban J connectivity index is 1.62. The third-order valence-electron chi connectivity index (χ3n) is 7.97. The van der Waals surface area contributed by atoms with Gasteiger partial charge in [-0.05, 0) is 54.5 Å². The monoisotopic (exact) mass is 588 g/mol. The number of allylic oxidation sites excluding steroid dienone is 2. The summed E-state index contributed by atoms with van der Waals surface area (Å²) < 4.78 is 22.7. The Kier molecular flexibility index (Phi) is 5.83. The number of alkyl halides is 2. The lowest BCUT2D eigenvalue weighted by molar-refractivity contribution is -0.122. The highest BCUT2D eigenvalue weighted by Crippen LogP contribution is 2.64. The zero-order valence-electron chi connectivity index (χ0n) is 21.3. The molecule has 2 aliphatic heterocycles. The molecule has 1 saturated heterocycles. The van der Waals surface area contributed by atoms with Crippen LogP contribution in [0.15, 0.2) is 63.7 Å². The van der Waals surface area contributed by atoms with Crippen LogP contribution in [-0.2, 0) is 23.2 Å². The molecular weight excluding hydrogens is 566 g/mol. The van der Waals surface area contributed by atoms with Gasteiger partial charge in [0.1, 0.15) is 5.82 Å². The number of phenolic OH excluding ortho intramolecular Hbond substituents is 1. The van der Waals surface area contributed by atoms with Crippen molar-refractivity contribution in [1.82, 2.24) is 13.9 Å². The number of aromatic hydroxyl groups is 1. The third-order valence-corrected chi connectivity index (χ3v) is 9.38. The van der Waals surface area contributed by atoms with Crippen molar-refractivity contribution < 1.29 is 23.8 Å². The summed E-state index contributed by atoms with van der Waals surface area (Å²) in [6.07, 6.45) is 1.44. The van der Waals surface area contributed by atoms with Gasteiger partial charge >= 0.3 is 11.4 Å². The van der Waals surface area contributed by atoms with E-state index in [1.54, 1.807) is 19.1 Å². The number of imide groups is 1. The first kappa shape index (κ1) is 26.4. The number of hydrogen-bond donors (Lipinski definition) is 1. The minimum Gasteiger partial charge on any atom is -0.504 e. The van der Waals surface area contributed by atoms with Crippen LogP contribution in [0.4, 0.5) is 10.1 Å². The number of rotatable bonds is 4. The molecule has 4 atom stereocenters. The standard InChI is InChI=1S/C27H23Cl2FN4O6/c1-3-40-20-12-14(4-9-19(20)35)21-17-10-11-32-24(38)31(2)25(39)34(32)18(17)13-26(28)22(36)33(23(37)27(21,26)29)16-7-5-15(30)6-8-16/h4-10,12,18,21,35H,3,11,13H2,1-2H3. The topological polar surface area (TPSA) is 116 Å². The molecule has 2 fully saturated rings. The molecule has 1 N–H and O–H groups in total. The summed E-state index contributed by atoms with van der Waals surface area (Å²) in [6, 6.07) is 8.30. The Morgan fingerprint density at radius 2 is 1.75 bits per heavy atom. The van der Waals surface area contributed by atoms with Crippen molar-refractivity contribution in [3.63, 3.8) is 0 Å². The highest BCUT2D eigenvalue weighted by molar-refractivity contribution is 6.58. The molecule has 0 bridgehead atoms. The van der Waals surface area contributed by atoms with Gasteiger partial charge < -0.3 is 9.84 Å². The number of phenols is 1. The van der Waals surface area contributed by atoms with Crippen LogP contribution < -0.4 is 21.0 Å². The number of benzene rings is 2. The minimum atomic E-state index is -2.09. The van der Waals surface area contributed by atoms with Gasteiger partial charge in [0.15, 0.2) is 21.2 Å². The number of nitrogens with zero attached hydrogens (tertiary/aromatic N) is 4. The van der Waals surface area contributed by atoms with E-state index in [4.69, 9.17) is 27.9 Å². The highest BCUT2D eigenvalue weighted by atomic mass is 35.5. The van der Waals surface area contributed by atoms with Crippen molar-refractivity contribution >= 4 is 40.7 Å². The summed E-state index contributed by atoms with van der Waals surface area (Å²) in [4.78, 5) is 50.9. The van der Waals surface area contributed by atoms with Crippen LogP contribution in [0.3, 0.4) is 0 Å². The smallest absolute Gasteiger partial charge is 0.347 e. The molecule has 1 aromatic heterocycles. The number of hydrogen-bond acceptors (Lipinski definition) is 6. The van der Waals surface area contributed by atoms with Crippen LogP contribution in [-0.4, -0.2) is 47.2 Å². The maximum absolute atomic E-state index is 14.2. The van der Waals surface area contributed by atoms with E-state index in [1.807, 2.05) is 0 Å². The van der Waals surface area contributed by atoms with Gasteiger partial charge in [-0.25, -0.2) is 32.8 Å². The Hall–Kier alpha value is -3.83. The molecule has 0 spiro atoms. The fourth-order valence-electron chi connectivity index (χ4n) is 6.13. The summed E-state index contributed by atoms with van der Waals surface area (Å²) in [5.41, 5.74) is -0.174. The van der Waals surface area contributed by atoms with E-state index >= 15 is 0 Å². The van der Waals surface area contributed by atoms with Crippen molar-refractivity contribution in [2.75, 3.05) is 11.5 Å². The van der Waals surface area contributed by atoms with E-state index in [0.29, 0.717) is 11.1 Å². The lowest BCUT2D eigenvalue weighted by Gasteiger charge is -2.49. The molecule has 6 rings (SSSR count). The molecular formula is C27H23Cl2FN4O6. The van der Waals surface area contributed by atoms with Gasteiger partial charge in [-0.3, -0.25) is 9.59 Å². The van der Waals surface area contributed by atoms with E-state index < -0.39 is 50.7 Å². The fourth-order valence-corrected chi connectivity index (χ4v) is 7.04. The molecule has 3 aliphatic rings. The van der Waals surface area contributed by atoms with Crippen LogP contribution in [0.25, 0.3) is 0 Å². The van der Waals surface area contributed by atoms with Crippen molar-refractivity contribution in [3.05, 3.63) is 86.5 Å². The first-order chi connectivity index (χ1) is 19.0. The average molecular weight is 589 g/mol. The lowest BCUT2D eigenvalue weighted by Crippen LogP contribution is -2.59.